The van der Waals surface area contributed by atoms with Gasteiger partial charge in [-0.25, -0.2) is 4.79 Å². The van der Waals surface area contributed by atoms with Gasteiger partial charge in [0.25, 0.3) is 0 Å². The first-order chi connectivity index (χ1) is 9.58. The summed E-state index contributed by atoms with van der Waals surface area (Å²) >= 11 is 0. The van der Waals surface area contributed by atoms with E-state index in [0.29, 0.717) is 5.56 Å². The van der Waals surface area contributed by atoms with Crippen LogP contribution in [0.4, 0.5) is 0 Å². The fourth-order valence-corrected chi connectivity index (χ4v) is 1.92. The fraction of sp³-hybridized carbons (Fsp3) is 0.235. The van der Waals surface area contributed by atoms with Gasteiger partial charge < -0.3 is 9.84 Å². The summed E-state index contributed by atoms with van der Waals surface area (Å²) in [6.45, 7) is 3.51. The molecule has 3 heteroatoms. The van der Waals surface area contributed by atoms with Gasteiger partial charge in [-0.05, 0) is 30.5 Å². The van der Waals surface area contributed by atoms with Gasteiger partial charge in [-0.2, -0.15) is 0 Å². The van der Waals surface area contributed by atoms with Crippen LogP contribution in [0, 0.1) is 0 Å². The largest absolute Gasteiger partial charge is 0.461 e. The number of hydrogen-bond donors (Lipinski definition) is 1. The lowest BCUT2D eigenvalue weighted by Crippen LogP contribution is -2.19. The van der Waals surface area contributed by atoms with Crippen molar-refractivity contribution < 1.29 is 14.6 Å². The van der Waals surface area contributed by atoms with Gasteiger partial charge in [0, 0.05) is 0 Å². The van der Waals surface area contributed by atoms with E-state index in [1.807, 2.05) is 42.5 Å². The number of ether oxygens (including phenoxy) is 1. The molecule has 2 aromatic rings. The maximum atomic E-state index is 11.6. The summed E-state index contributed by atoms with van der Waals surface area (Å²) in [6, 6.07) is 17.2. The zero-order valence-corrected chi connectivity index (χ0v) is 11.6. The average Bonchev–Trinajstić information content (AvgIpc) is 2.47. The van der Waals surface area contributed by atoms with Crippen LogP contribution in [0.15, 0.2) is 54.6 Å². The van der Waals surface area contributed by atoms with E-state index in [4.69, 9.17) is 4.74 Å². The summed E-state index contributed by atoms with van der Waals surface area (Å²) in [6.07, 6.45) is -1.47. The molecule has 0 fully saturated rings. The third-order valence-corrected chi connectivity index (χ3v) is 2.91. The van der Waals surface area contributed by atoms with Crippen LogP contribution < -0.4 is 0 Å². The minimum Gasteiger partial charge on any atom is -0.461 e. The molecule has 0 heterocycles. The molecule has 0 spiro atoms. The Hall–Kier alpha value is -2.13. The molecule has 0 aliphatic heterocycles. The number of esters is 1. The number of carbonyl (C=O) groups is 1. The van der Waals surface area contributed by atoms with Crippen LogP contribution in [-0.2, 0) is 9.53 Å². The SMILES string of the molecule is CC(C)OC(=O)C(O)c1ccc(-c2ccccc2)cc1. The Morgan fingerprint density at radius 2 is 1.50 bits per heavy atom. The second-order valence-corrected chi connectivity index (χ2v) is 4.88. The molecule has 1 atom stereocenters. The molecule has 2 rings (SSSR count). The Morgan fingerprint density at radius 3 is 2.05 bits per heavy atom. The molecule has 3 nitrogen and oxygen atoms in total. The van der Waals surface area contributed by atoms with Crippen LogP contribution in [0.3, 0.4) is 0 Å². The third kappa shape index (κ3) is 3.45. The first-order valence-corrected chi connectivity index (χ1v) is 6.62. The van der Waals surface area contributed by atoms with Gasteiger partial charge in [0.05, 0.1) is 6.10 Å². The summed E-state index contributed by atoms with van der Waals surface area (Å²) in [5.74, 6) is -0.618. The fourth-order valence-electron chi connectivity index (χ4n) is 1.92. The van der Waals surface area contributed by atoms with Gasteiger partial charge in [0.1, 0.15) is 0 Å². The minimum atomic E-state index is -1.23. The van der Waals surface area contributed by atoms with Gasteiger partial charge in [-0.15, -0.1) is 0 Å². The van der Waals surface area contributed by atoms with E-state index < -0.39 is 12.1 Å². The predicted octanol–water partition coefficient (Wildman–Crippen LogP) is 3.34. The van der Waals surface area contributed by atoms with Crippen molar-refractivity contribution in [3.63, 3.8) is 0 Å². The molecule has 0 radical (unpaired) electrons. The Labute approximate surface area is 118 Å². The molecule has 0 aliphatic carbocycles. The first-order valence-electron chi connectivity index (χ1n) is 6.62. The van der Waals surface area contributed by atoms with Crippen molar-refractivity contribution in [1.82, 2.24) is 0 Å². The lowest BCUT2D eigenvalue weighted by Gasteiger charge is -2.13. The van der Waals surface area contributed by atoms with E-state index in [0.717, 1.165) is 11.1 Å². The van der Waals surface area contributed by atoms with Crippen LogP contribution in [-0.4, -0.2) is 17.2 Å². The van der Waals surface area contributed by atoms with Crippen molar-refractivity contribution in [3.05, 3.63) is 60.2 Å². The van der Waals surface area contributed by atoms with Gasteiger partial charge >= 0.3 is 5.97 Å². The molecular formula is C17H18O3. The third-order valence-electron chi connectivity index (χ3n) is 2.91. The zero-order chi connectivity index (χ0) is 14.5. The van der Waals surface area contributed by atoms with Crippen molar-refractivity contribution in [3.8, 4) is 11.1 Å². The van der Waals surface area contributed by atoms with E-state index in [1.165, 1.54) is 0 Å². The van der Waals surface area contributed by atoms with E-state index in [-0.39, 0.29) is 6.10 Å². The summed E-state index contributed by atoms with van der Waals surface area (Å²) in [4.78, 5) is 11.6. The highest BCUT2D eigenvalue weighted by Gasteiger charge is 2.19. The molecule has 0 saturated heterocycles. The molecule has 1 unspecified atom stereocenters. The quantitative estimate of drug-likeness (QED) is 0.867. The first kappa shape index (κ1) is 14.3. The maximum absolute atomic E-state index is 11.6. The lowest BCUT2D eigenvalue weighted by atomic mass is 10.0. The van der Waals surface area contributed by atoms with E-state index >= 15 is 0 Å². The number of aliphatic hydroxyl groups excluding tert-OH is 1. The highest BCUT2D eigenvalue weighted by molar-refractivity contribution is 5.77. The van der Waals surface area contributed by atoms with E-state index in [9.17, 15) is 9.90 Å². The van der Waals surface area contributed by atoms with E-state index in [1.54, 1.807) is 26.0 Å². The predicted molar refractivity (Wildman–Crippen MR) is 78.1 cm³/mol. The van der Waals surface area contributed by atoms with Crippen molar-refractivity contribution in [2.45, 2.75) is 26.1 Å². The van der Waals surface area contributed by atoms with Crippen LogP contribution in [0.2, 0.25) is 0 Å². The van der Waals surface area contributed by atoms with E-state index in [2.05, 4.69) is 0 Å². The maximum Gasteiger partial charge on any atom is 0.339 e. The molecular weight excluding hydrogens is 252 g/mol. The normalized spacial score (nSPS) is 12.2. The second kappa shape index (κ2) is 6.35. The summed E-state index contributed by atoms with van der Waals surface area (Å²) in [5.41, 5.74) is 2.67. The van der Waals surface area contributed by atoms with Crippen LogP contribution in [0.5, 0.6) is 0 Å². The molecule has 104 valence electrons. The summed E-state index contributed by atoms with van der Waals surface area (Å²) < 4.78 is 4.99. The minimum absolute atomic E-state index is 0.235. The monoisotopic (exact) mass is 270 g/mol. The Balaban J connectivity index is 2.14. The van der Waals surface area contributed by atoms with Gasteiger partial charge in [-0.1, -0.05) is 54.6 Å². The molecule has 0 bridgehead atoms. The molecule has 0 amide bonds. The Morgan fingerprint density at radius 1 is 0.950 bits per heavy atom. The standard InChI is InChI=1S/C17H18O3/c1-12(2)20-17(19)16(18)15-10-8-14(9-11-15)13-6-4-3-5-7-13/h3-12,16,18H,1-2H3. The zero-order valence-electron chi connectivity index (χ0n) is 11.6. The van der Waals surface area contributed by atoms with Crippen LogP contribution >= 0.6 is 0 Å². The van der Waals surface area contributed by atoms with Gasteiger partial charge in [0.15, 0.2) is 6.10 Å². The van der Waals surface area contributed by atoms with Crippen LogP contribution in [0.25, 0.3) is 11.1 Å². The molecule has 0 aliphatic rings. The number of rotatable bonds is 4. The van der Waals surface area contributed by atoms with Gasteiger partial charge in [-0.3, -0.25) is 0 Å². The highest BCUT2D eigenvalue weighted by Crippen LogP contribution is 2.22. The summed E-state index contributed by atoms with van der Waals surface area (Å²) in [5, 5.41) is 9.92. The lowest BCUT2D eigenvalue weighted by molar-refractivity contribution is -0.157. The molecule has 1 N–H and O–H groups in total. The number of hydrogen-bond acceptors (Lipinski definition) is 3. The summed E-state index contributed by atoms with van der Waals surface area (Å²) in [7, 11) is 0. The average molecular weight is 270 g/mol. The van der Waals surface area contributed by atoms with Crippen molar-refractivity contribution in [1.29, 1.82) is 0 Å². The molecule has 20 heavy (non-hydrogen) atoms. The van der Waals surface area contributed by atoms with Crippen molar-refractivity contribution >= 4 is 5.97 Å². The van der Waals surface area contributed by atoms with Crippen molar-refractivity contribution in [2.75, 3.05) is 0 Å². The number of benzene rings is 2. The topological polar surface area (TPSA) is 46.5 Å². The number of aliphatic hydroxyl groups is 1. The van der Waals surface area contributed by atoms with Crippen LogP contribution in [0.1, 0.15) is 25.5 Å². The highest BCUT2D eigenvalue weighted by atomic mass is 16.6. The molecule has 0 aromatic heterocycles. The Kier molecular flexibility index (Phi) is 4.53. The van der Waals surface area contributed by atoms with Gasteiger partial charge in [0.2, 0.25) is 0 Å². The smallest absolute Gasteiger partial charge is 0.339 e. The second-order valence-electron chi connectivity index (χ2n) is 4.88. The molecule has 0 saturated carbocycles. The number of carbonyl (C=O) groups excluding carboxylic acids is 1. The molecule has 2 aromatic carbocycles. The van der Waals surface area contributed by atoms with Crippen molar-refractivity contribution in [2.24, 2.45) is 0 Å². The Bertz CT molecular complexity index is 559.